The average Bonchev–Trinajstić information content (AvgIpc) is 3.14. The third-order valence-electron chi connectivity index (χ3n) is 8.35. The molecule has 0 saturated heterocycles. The van der Waals surface area contributed by atoms with E-state index in [1.54, 1.807) is 152 Å². The fourth-order valence-corrected chi connectivity index (χ4v) is 20.1. The maximum absolute atomic E-state index is 17.1. The molecule has 0 unspecified atom stereocenters. The predicted molar refractivity (Wildman–Crippen MR) is 186 cm³/mol. The van der Waals surface area contributed by atoms with Crippen molar-refractivity contribution in [1.82, 2.24) is 0 Å². The summed E-state index contributed by atoms with van der Waals surface area (Å²) < 4.78 is 70.7. The monoisotopic (exact) mass is 694 g/mol. The normalized spacial score (nSPS) is 13.5. The molecule has 0 radical (unpaired) electrons. The Hall–Kier alpha value is -4.35. The summed E-state index contributed by atoms with van der Waals surface area (Å²) in [6, 6.07) is 53.1. The molecule has 48 heavy (non-hydrogen) atoms. The van der Waals surface area contributed by atoms with Crippen LogP contribution in [0.2, 0.25) is 0 Å². The van der Waals surface area contributed by atoms with Gasteiger partial charge in [-0.25, -0.2) is 0 Å². The molecule has 6 rings (SSSR count). The van der Waals surface area contributed by atoms with Gasteiger partial charge in [0.2, 0.25) is 0 Å². The van der Waals surface area contributed by atoms with Crippen molar-refractivity contribution in [2.24, 2.45) is 0 Å². The predicted octanol–water partition coefficient (Wildman–Crippen LogP) is 4.33. The molecule has 6 nitrogen and oxygen atoms in total. The summed E-state index contributed by atoms with van der Waals surface area (Å²) in [6.45, 7) is -5.49. The first-order chi connectivity index (χ1) is 23.2. The van der Waals surface area contributed by atoms with E-state index in [4.69, 9.17) is 8.81 Å². The summed E-state index contributed by atoms with van der Waals surface area (Å²) in [5.74, 6) is 0.125. The van der Waals surface area contributed by atoms with Crippen molar-refractivity contribution >= 4 is 46.3 Å². The fraction of sp³-hybridized carbons (Fsp3) is 0.0256. The van der Waals surface area contributed by atoms with Gasteiger partial charge in [-0.2, -0.15) is 0 Å². The van der Waals surface area contributed by atoms with E-state index in [0.29, 0.717) is 32.1 Å². The standard InChI is InChI=1S/C39H33ClO6P2/c1-45-38(32-20-8-2-9-21-32)39(47(44,33-22-10-3-11-23-33)34-24-12-4-13-25-34)48(46-40(41,42)43,35-26-14-5-15-27-35,36-28-16-6-17-29-36)37-30-18-7-19-31-37/h2-31H,1H3/b39-38-. The van der Waals surface area contributed by atoms with Gasteiger partial charge in [-0.15, -0.1) is 0 Å². The molecular weight excluding hydrogens is 662 g/mol. The number of halogens is 1. The molecule has 0 heterocycles. The van der Waals surface area contributed by atoms with Gasteiger partial charge in [0.05, 0.1) is 0 Å². The molecule has 6 aromatic carbocycles. The van der Waals surface area contributed by atoms with Crippen LogP contribution >= 0.6 is 14.0 Å². The molecule has 0 atom stereocenters. The van der Waals surface area contributed by atoms with Gasteiger partial charge < -0.3 is 0 Å². The summed E-state index contributed by atoms with van der Waals surface area (Å²) in [7, 11) is -8.02. The summed E-state index contributed by atoms with van der Waals surface area (Å²) >= 11 is 0. The number of ether oxygens (including phenoxy) is 1. The van der Waals surface area contributed by atoms with Crippen molar-refractivity contribution in [3.63, 3.8) is 0 Å². The minimum atomic E-state index is -5.49. The van der Waals surface area contributed by atoms with E-state index in [1.165, 1.54) is 7.11 Å². The van der Waals surface area contributed by atoms with Crippen LogP contribution in [0, 0.1) is 10.2 Å². The molecule has 0 aliphatic heterocycles. The van der Waals surface area contributed by atoms with Crippen LogP contribution in [0.25, 0.3) is 5.76 Å². The second kappa shape index (κ2) is 13.6. The molecule has 0 fully saturated rings. The summed E-state index contributed by atoms with van der Waals surface area (Å²) in [5.41, 5.74) is 0.516. The van der Waals surface area contributed by atoms with Gasteiger partial charge in [-0.3, -0.25) is 0 Å². The van der Waals surface area contributed by atoms with E-state index in [-0.39, 0.29) is 10.8 Å². The molecule has 0 aliphatic carbocycles. The summed E-state index contributed by atoms with van der Waals surface area (Å²) in [4.78, 5) is 0. The van der Waals surface area contributed by atoms with Crippen molar-refractivity contribution in [2.45, 2.75) is 0 Å². The minimum absolute atomic E-state index is 0.0510. The Balaban J connectivity index is 2.05. The maximum atomic E-state index is 17.1. The summed E-state index contributed by atoms with van der Waals surface area (Å²) in [5, 5.41) is 1.89. The molecule has 9 heteroatoms. The first-order valence-corrected chi connectivity index (χ1v) is 20.2. The van der Waals surface area contributed by atoms with Crippen LogP contribution in [0.5, 0.6) is 0 Å². The van der Waals surface area contributed by atoms with E-state index in [1.807, 2.05) is 30.3 Å². The van der Waals surface area contributed by atoms with Gasteiger partial charge >= 0.3 is 284 Å². The first-order valence-electron chi connectivity index (χ1n) is 15.1. The molecule has 0 bridgehead atoms. The molecule has 6 aromatic rings. The van der Waals surface area contributed by atoms with Crippen LogP contribution in [-0.2, 0) is 13.4 Å². The van der Waals surface area contributed by atoms with Gasteiger partial charge in [0, 0.05) is 0 Å². The molecule has 0 saturated carbocycles. The number of rotatable bonds is 11. The zero-order valence-corrected chi connectivity index (χ0v) is 28.6. The van der Waals surface area contributed by atoms with Crippen molar-refractivity contribution in [2.75, 3.05) is 7.11 Å². The van der Waals surface area contributed by atoms with E-state index >= 15 is 4.57 Å². The Labute approximate surface area is 282 Å². The van der Waals surface area contributed by atoms with Crippen molar-refractivity contribution in [1.29, 1.82) is 0 Å². The molecule has 0 N–H and O–H groups in total. The van der Waals surface area contributed by atoms with E-state index in [2.05, 4.69) is 0 Å². The van der Waals surface area contributed by atoms with Gasteiger partial charge in [0.25, 0.3) is 0 Å². The number of hydrogen-bond acceptors (Lipinski definition) is 6. The van der Waals surface area contributed by atoms with Crippen LogP contribution in [-0.4, -0.2) is 7.11 Å². The van der Waals surface area contributed by atoms with Crippen LogP contribution < -0.4 is 40.5 Å². The van der Waals surface area contributed by atoms with Crippen LogP contribution in [0.3, 0.4) is 0 Å². The van der Waals surface area contributed by atoms with Crippen LogP contribution in [0.15, 0.2) is 187 Å². The van der Waals surface area contributed by atoms with Gasteiger partial charge in [-0.05, 0) is 0 Å². The molecule has 0 aliphatic rings. The second-order valence-corrected chi connectivity index (χ2v) is 19.4. The molecule has 242 valence electrons. The molecule has 0 spiro atoms. The van der Waals surface area contributed by atoms with E-state index in [9.17, 15) is 14.0 Å². The molecule has 0 amide bonds. The van der Waals surface area contributed by atoms with E-state index in [0.717, 1.165) is 0 Å². The fourth-order valence-electron chi connectivity index (χ4n) is 6.48. The number of methoxy groups -OCH3 is 1. The van der Waals surface area contributed by atoms with Crippen molar-refractivity contribution < 1.29 is 37.6 Å². The Morgan fingerprint density at radius 2 is 0.833 bits per heavy atom. The third kappa shape index (κ3) is 5.62. The Morgan fingerprint density at radius 3 is 1.15 bits per heavy atom. The van der Waals surface area contributed by atoms with Gasteiger partial charge in [0.15, 0.2) is 0 Å². The quantitative estimate of drug-likeness (QED) is 0.148. The van der Waals surface area contributed by atoms with Gasteiger partial charge in [-0.1, -0.05) is 0 Å². The summed E-state index contributed by atoms with van der Waals surface area (Å²) in [6.07, 6.45) is 0. The number of hydrogen-bond donors (Lipinski definition) is 0. The van der Waals surface area contributed by atoms with Crippen LogP contribution in [0.4, 0.5) is 0 Å². The third-order valence-corrected chi connectivity index (χ3v) is 19.8. The first kappa shape index (κ1) is 33.5. The SMILES string of the molecule is CO/C(=C(/P(=O)(c1ccccc1)c1ccccc1)P(O[Cl+3]([O-])([O-])[O-])(c1ccccc1)(c1ccccc1)c1ccccc1)c1ccccc1. The van der Waals surface area contributed by atoms with Gasteiger partial charge in [0.1, 0.15) is 0 Å². The van der Waals surface area contributed by atoms with Crippen molar-refractivity contribution in [3.05, 3.63) is 193 Å². The average molecular weight is 695 g/mol. The molecule has 0 aromatic heterocycles. The Morgan fingerprint density at radius 1 is 0.521 bits per heavy atom. The Bertz CT molecular complexity index is 1900. The van der Waals surface area contributed by atoms with Crippen molar-refractivity contribution in [3.8, 4) is 0 Å². The topological polar surface area (TPSA) is 105 Å². The number of benzene rings is 6. The zero-order valence-electron chi connectivity index (χ0n) is 26.0. The van der Waals surface area contributed by atoms with Crippen LogP contribution in [0.1, 0.15) is 5.56 Å². The second-order valence-electron chi connectivity index (χ2n) is 11.0. The zero-order chi connectivity index (χ0) is 33.7. The molecular formula is C39H33ClO6P2. The Kier molecular flexibility index (Phi) is 9.53. The van der Waals surface area contributed by atoms with E-state index < -0.39 is 24.2 Å².